The van der Waals surface area contributed by atoms with E-state index < -0.39 is 0 Å². The number of hydrogen-bond donors (Lipinski definition) is 0. The lowest BCUT2D eigenvalue weighted by atomic mass is 10.1. The summed E-state index contributed by atoms with van der Waals surface area (Å²) in [6.45, 7) is 2.11. The minimum Gasteiger partial charge on any atom is -0.462 e. The van der Waals surface area contributed by atoms with Crippen LogP contribution in [0.15, 0.2) is 18.6 Å². The molecular weight excluding hydrogens is 206 g/mol. The Kier molecular flexibility index (Phi) is 4.44. The number of carbonyl (C=O) groups excluding carboxylic acids is 1. The van der Waals surface area contributed by atoms with Crippen LogP contribution < -0.4 is 0 Å². The zero-order chi connectivity index (χ0) is 12.0. The molecule has 0 amide bonds. The summed E-state index contributed by atoms with van der Waals surface area (Å²) in [5, 5.41) is 7.42. The van der Waals surface area contributed by atoms with Crippen LogP contribution in [0.3, 0.4) is 0 Å². The Bertz CT molecular complexity index is 389. The van der Waals surface area contributed by atoms with Gasteiger partial charge in [0.1, 0.15) is 0 Å². The molecule has 0 N–H and O–H groups in total. The van der Waals surface area contributed by atoms with E-state index in [4.69, 9.17) is 4.74 Å². The average Bonchev–Trinajstić information content (AvgIpc) is 2.27. The van der Waals surface area contributed by atoms with Gasteiger partial charge in [-0.1, -0.05) is 0 Å². The topological polar surface area (TPSA) is 55.3 Å². The van der Waals surface area contributed by atoms with E-state index in [9.17, 15) is 4.79 Å². The molecule has 0 aromatic carbocycles. The summed E-state index contributed by atoms with van der Waals surface area (Å²) in [6, 6.07) is 0. The summed E-state index contributed by atoms with van der Waals surface area (Å²) in [5.74, 6) is -0.379. The van der Waals surface area contributed by atoms with Gasteiger partial charge in [-0.15, -0.1) is 0 Å². The average molecular weight is 221 g/mol. The number of nitrogens with zero attached hydrogens (tertiary/aromatic N) is 3. The minimum absolute atomic E-state index is 0.345. The molecule has 0 atom stereocenters. The van der Waals surface area contributed by atoms with E-state index in [0.717, 1.165) is 0 Å². The number of hydrogen-bond acceptors (Lipinski definition) is 5. The summed E-state index contributed by atoms with van der Waals surface area (Å²) in [5.41, 5.74) is 1.12. The fraction of sp³-hybridized carbons (Fsp3) is 0.364. The van der Waals surface area contributed by atoms with Gasteiger partial charge in [0.15, 0.2) is 0 Å². The molecule has 0 saturated heterocycles. The second-order valence-corrected chi connectivity index (χ2v) is 3.36. The van der Waals surface area contributed by atoms with Crippen molar-refractivity contribution in [3.8, 4) is 0 Å². The van der Waals surface area contributed by atoms with Crippen LogP contribution in [-0.4, -0.2) is 41.8 Å². The van der Waals surface area contributed by atoms with Crippen LogP contribution in [0.4, 0.5) is 0 Å². The number of rotatable bonds is 4. The molecule has 0 aliphatic rings. The monoisotopic (exact) mass is 221 g/mol. The van der Waals surface area contributed by atoms with Crippen molar-refractivity contribution in [2.75, 3.05) is 20.7 Å². The van der Waals surface area contributed by atoms with Crippen LogP contribution in [0.5, 0.6) is 0 Å². The van der Waals surface area contributed by atoms with Crippen molar-refractivity contribution in [1.29, 1.82) is 0 Å². The quantitative estimate of drug-likeness (QED) is 0.715. The summed E-state index contributed by atoms with van der Waals surface area (Å²) in [7, 11) is 3.80. The van der Waals surface area contributed by atoms with E-state index in [-0.39, 0.29) is 5.97 Å². The molecule has 0 saturated carbocycles. The van der Waals surface area contributed by atoms with Crippen molar-refractivity contribution < 1.29 is 9.53 Å². The van der Waals surface area contributed by atoms with Gasteiger partial charge in [0, 0.05) is 19.7 Å². The highest BCUT2D eigenvalue weighted by Gasteiger charge is 2.10. The van der Waals surface area contributed by atoms with Crippen LogP contribution in [-0.2, 0) is 4.74 Å². The van der Waals surface area contributed by atoms with E-state index >= 15 is 0 Å². The fourth-order valence-corrected chi connectivity index (χ4v) is 1.07. The van der Waals surface area contributed by atoms with Crippen molar-refractivity contribution >= 4 is 12.0 Å². The minimum atomic E-state index is -0.379. The van der Waals surface area contributed by atoms with Gasteiger partial charge in [-0.2, -0.15) is 10.2 Å². The predicted molar refractivity (Wildman–Crippen MR) is 60.7 cm³/mol. The van der Waals surface area contributed by atoms with Crippen molar-refractivity contribution in [3.63, 3.8) is 0 Å². The molecule has 1 aromatic heterocycles. The number of aromatic nitrogens is 2. The summed E-state index contributed by atoms with van der Waals surface area (Å²) in [6.07, 6.45) is 6.57. The Labute approximate surface area is 94.7 Å². The fourth-order valence-electron chi connectivity index (χ4n) is 1.07. The van der Waals surface area contributed by atoms with Gasteiger partial charge in [-0.3, -0.25) is 0 Å². The number of ether oxygens (including phenoxy) is 1. The summed E-state index contributed by atoms with van der Waals surface area (Å²) in [4.78, 5) is 13.4. The molecule has 0 aliphatic heterocycles. The summed E-state index contributed by atoms with van der Waals surface area (Å²) >= 11 is 0. The van der Waals surface area contributed by atoms with Crippen LogP contribution >= 0.6 is 0 Å². The van der Waals surface area contributed by atoms with Gasteiger partial charge in [0.05, 0.1) is 24.6 Å². The SMILES string of the molecule is CCOC(=O)c1cnncc1/C=C/N(C)C. The maximum atomic E-state index is 11.6. The lowest BCUT2D eigenvalue weighted by Gasteiger charge is -2.06. The first-order chi connectivity index (χ1) is 7.65. The molecule has 0 bridgehead atoms. The Balaban J connectivity index is 2.96. The van der Waals surface area contributed by atoms with Crippen LogP contribution in [0.2, 0.25) is 0 Å². The molecule has 5 heteroatoms. The van der Waals surface area contributed by atoms with Crippen LogP contribution in [0, 0.1) is 0 Å². The second-order valence-electron chi connectivity index (χ2n) is 3.36. The molecule has 0 aliphatic carbocycles. The lowest BCUT2D eigenvalue weighted by Crippen LogP contribution is -2.08. The predicted octanol–water partition coefficient (Wildman–Crippen LogP) is 1.19. The number of carbonyl (C=O) groups is 1. The Hall–Kier alpha value is -1.91. The second kappa shape index (κ2) is 5.85. The third kappa shape index (κ3) is 3.34. The molecular formula is C11H15N3O2. The highest BCUT2D eigenvalue weighted by molar-refractivity contribution is 5.93. The first-order valence-corrected chi connectivity index (χ1v) is 4.97. The highest BCUT2D eigenvalue weighted by Crippen LogP contribution is 2.09. The van der Waals surface area contributed by atoms with Crippen molar-refractivity contribution in [3.05, 3.63) is 29.7 Å². The molecule has 16 heavy (non-hydrogen) atoms. The van der Waals surface area contributed by atoms with Gasteiger partial charge in [-0.25, -0.2) is 4.79 Å². The third-order valence-corrected chi connectivity index (χ3v) is 1.81. The van der Waals surface area contributed by atoms with E-state index in [1.807, 2.05) is 25.2 Å². The first-order valence-electron chi connectivity index (χ1n) is 4.97. The molecule has 1 aromatic rings. The first kappa shape index (κ1) is 12.2. The lowest BCUT2D eigenvalue weighted by molar-refractivity contribution is 0.0525. The van der Waals surface area contributed by atoms with Crippen LogP contribution in [0.1, 0.15) is 22.8 Å². The molecule has 86 valence electrons. The van der Waals surface area contributed by atoms with Crippen molar-refractivity contribution in [2.45, 2.75) is 6.92 Å². The van der Waals surface area contributed by atoms with E-state index in [1.165, 1.54) is 12.4 Å². The van der Waals surface area contributed by atoms with Gasteiger partial charge in [-0.05, 0) is 19.2 Å². The standard InChI is InChI=1S/C11H15N3O2/c1-4-16-11(15)10-8-13-12-7-9(10)5-6-14(2)3/h5-8H,4H2,1-3H3/b6-5+. The van der Waals surface area contributed by atoms with Crippen molar-refractivity contribution in [1.82, 2.24) is 15.1 Å². The zero-order valence-electron chi connectivity index (χ0n) is 9.67. The Morgan fingerprint density at radius 2 is 2.12 bits per heavy atom. The zero-order valence-corrected chi connectivity index (χ0v) is 9.67. The maximum absolute atomic E-state index is 11.6. The summed E-state index contributed by atoms with van der Waals surface area (Å²) < 4.78 is 4.92. The van der Waals surface area contributed by atoms with Gasteiger partial charge in [0.25, 0.3) is 0 Å². The largest absolute Gasteiger partial charge is 0.462 e. The van der Waals surface area contributed by atoms with E-state index in [1.54, 1.807) is 13.0 Å². The van der Waals surface area contributed by atoms with Crippen LogP contribution in [0.25, 0.3) is 6.08 Å². The Morgan fingerprint density at radius 3 is 2.75 bits per heavy atom. The highest BCUT2D eigenvalue weighted by atomic mass is 16.5. The van der Waals surface area contributed by atoms with E-state index in [2.05, 4.69) is 10.2 Å². The third-order valence-electron chi connectivity index (χ3n) is 1.81. The molecule has 1 rings (SSSR count). The van der Waals surface area contributed by atoms with Gasteiger partial charge >= 0.3 is 5.97 Å². The molecule has 5 nitrogen and oxygen atoms in total. The molecule has 0 unspecified atom stereocenters. The smallest absolute Gasteiger partial charge is 0.340 e. The molecule has 0 fully saturated rings. The van der Waals surface area contributed by atoms with Gasteiger partial charge in [0.2, 0.25) is 0 Å². The molecule has 0 radical (unpaired) electrons. The number of esters is 1. The van der Waals surface area contributed by atoms with Gasteiger partial charge < -0.3 is 9.64 Å². The molecule has 1 heterocycles. The van der Waals surface area contributed by atoms with Crippen molar-refractivity contribution in [2.24, 2.45) is 0 Å². The normalized spacial score (nSPS) is 10.4. The Morgan fingerprint density at radius 1 is 1.44 bits per heavy atom. The molecule has 0 spiro atoms. The maximum Gasteiger partial charge on any atom is 0.340 e. The van der Waals surface area contributed by atoms with E-state index in [0.29, 0.717) is 17.7 Å².